The van der Waals surface area contributed by atoms with E-state index in [9.17, 15) is 0 Å². The fraction of sp³-hybridized carbons (Fsp3) is 0.212. The molecule has 0 saturated carbocycles. The minimum absolute atomic E-state index is 0. The van der Waals surface area contributed by atoms with Gasteiger partial charge in [0.05, 0.1) is 0 Å². The van der Waals surface area contributed by atoms with Gasteiger partial charge in [-0.3, -0.25) is 0 Å². The molecular formula is C33H38SiZr-4. The summed E-state index contributed by atoms with van der Waals surface area (Å²) < 4.78 is 0. The normalized spacial score (nSPS) is 10.0. The van der Waals surface area contributed by atoms with Gasteiger partial charge in [-0.1, -0.05) is 88.2 Å². The molecule has 0 nitrogen and oxygen atoms in total. The first kappa shape index (κ1) is 31.0. The van der Waals surface area contributed by atoms with E-state index in [1.54, 1.807) is 0 Å². The summed E-state index contributed by atoms with van der Waals surface area (Å²) in [4.78, 5) is 0. The van der Waals surface area contributed by atoms with Crippen LogP contribution in [-0.4, -0.2) is 6.88 Å². The number of hydrogen-bond acceptors (Lipinski definition) is 0. The Morgan fingerprint density at radius 2 is 1.20 bits per heavy atom. The molecule has 0 aromatic heterocycles. The molecule has 0 bridgehead atoms. The number of hydrogen-bond donors (Lipinski definition) is 0. The van der Waals surface area contributed by atoms with E-state index in [1.165, 1.54) is 83.8 Å². The van der Waals surface area contributed by atoms with Crippen molar-refractivity contribution in [1.29, 1.82) is 0 Å². The minimum atomic E-state index is 0. The Morgan fingerprint density at radius 1 is 0.657 bits per heavy atom. The number of fused-ring (bicyclic) bond motifs is 2. The number of rotatable bonds is 2. The molecule has 0 aliphatic rings. The average Bonchev–Trinajstić information content (AvgIpc) is 3.45. The summed E-state index contributed by atoms with van der Waals surface area (Å²) in [5.41, 5.74) is 9.55. The summed E-state index contributed by atoms with van der Waals surface area (Å²) in [6.07, 6.45) is 0. The van der Waals surface area contributed by atoms with Gasteiger partial charge in [-0.15, -0.1) is 68.1 Å². The maximum absolute atomic E-state index is 3.06. The van der Waals surface area contributed by atoms with Crippen LogP contribution in [-0.2, 0) is 23.3 Å². The van der Waals surface area contributed by atoms with E-state index in [1.807, 2.05) is 0 Å². The third-order valence-corrected chi connectivity index (χ3v) is 6.35. The van der Waals surface area contributed by atoms with Crippen molar-refractivity contribution in [2.24, 2.45) is 0 Å². The molecule has 0 fully saturated rings. The first-order chi connectivity index (χ1) is 15.8. The molecule has 5 rings (SSSR count). The van der Waals surface area contributed by atoms with Gasteiger partial charge in [-0.05, 0) is 18.4 Å². The van der Waals surface area contributed by atoms with Gasteiger partial charge in [0.1, 0.15) is 0 Å². The second-order valence-electron chi connectivity index (χ2n) is 9.13. The van der Waals surface area contributed by atoms with E-state index >= 15 is 0 Å². The summed E-state index contributed by atoms with van der Waals surface area (Å²) >= 11 is 1.36. The number of benzene rings is 3. The van der Waals surface area contributed by atoms with E-state index in [-0.39, 0.29) is 14.9 Å². The van der Waals surface area contributed by atoms with E-state index < -0.39 is 0 Å². The van der Waals surface area contributed by atoms with Crippen molar-refractivity contribution in [3.8, 4) is 11.1 Å². The molecular weight excluding hydrogens is 516 g/mol. The first-order valence-corrected chi connectivity index (χ1v) is 15.7. The van der Waals surface area contributed by atoms with Crippen molar-refractivity contribution in [1.82, 2.24) is 0 Å². The Kier molecular flexibility index (Phi) is 12.3. The second kappa shape index (κ2) is 13.9. The zero-order valence-corrected chi connectivity index (χ0v) is 26.0. The molecule has 2 heteroatoms. The van der Waals surface area contributed by atoms with Gasteiger partial charge in [0.15, 0.2) is 0 Å². The van der Waals surface area contributed by atoms with E-state index in [0.717, 1.165) is 0 Å². The number of aryl methyl sites for hydroxylation is 4. The third-order valence-electron chi connectivity index (χ3n) is 6.35. The standard InChI is InChI=1S/C17H15.C14H17.2CH3.Si.Zr/c1-12-10-16-13(2)8-9-15(17(16)11-12)14-6-4-3-5-7-14;1-9(2)12-7-13-10(3)5-6-11(4)14(13)8-12;;;;/h3-11H,1-2H3;5-9H,1-4H3;2*1H3;;/q4*-1;;. The van der Waals surface area contributed by atoms with E-state index in [0.29, 0.717) is 5.92 Å². The Labute approximate surface area is 230 Å². The summed E-state index contributed by atoms with van der Waals surface area (Å²) in [7, 11) is 0. The van der Waals surface area contributed by atoms with Crippen molar-refractivity contribution in [3.05, 3.63) is 122 Å². The molecule has 5 aromatic carbocycles. The van der Waals surface area contributed by atoms with E-state index in [4.69, 9.17) is 0 Å². The summed E-state index contributed by atoms with van der Waals surface area (Å²) in [5.74, 6) is 0.626. The molecule has 35 heavy (non-hydrogen) atoms. The molecule has 0 amide bonds. The van der Waals surface area contributed by atoms with Crippen molar-refractivity contribution in [3.63, 3.8) is 0 Å². The summed E-state index contributed by atoms with van der Waals surface area (Å²) in [6, 6.07) is 28.7. The molecule has 5 aromatic rings. The molecule has 0 aliphatic carbocycles. The van der Waals surface area contributed by atoms with Crippen molar-refractivity contribution in [2.45, 2.75) is 47.5 Å². The quantitative estimate of drug-likeness (QED) is 0.151. The van der Waals surface area contributed by atoms with Gasteiger partial charge < -0.3 is 14.9 Å². The molecule has 0 N–H and O–H groups in total. The van der Waals surface area contributed by atoms with Gasteiger partial charge >= 0.3 is 30.2 Å². The van der Waals surface area contributed by atoms with Gasteiger partial charge in [0, 0.05) is 0 Å². The van der Waals surface area contributed by atoms with Crippen molar-refractivity contribution >= 4 is 28.4 Å². The van der Waals surface area contributed by atoms with Crippen LogP contribution in [0.2, 0.25) is 0 Å². The second-order valence-corrected chi connectivity index (χ2v) is 9.13. The fourth-order valence-corrected chi connectivity index (χ4v) is 4.40. The average molecular weight is 554 g/mol. The topological polar surface area (TPSA) is 0 Å². The van der Waals surface area contributed by atoms with Crippen LogP contribution in [0.3, 0.4) is 0 Å². The van der Waals surface area contributed by atoms with Crippen LogP contribution >= 0.6 is 0 Å². The van der Waals surface area contributed by atoms with Gasteiger partial charge in [-0.25, -0.2) is 0 Å². The van der Waals surface area contributed by atoms with Crippen LogP contribution in [0.5, 0.6) is 0 Å². The third kappa shape index (κ3) is 7.02. The first-order valence-electron chi connectivity index (χ1n) is 11.5. The van der Waals surface area contributed by atoms with Gasteiger partial charge in [-0.2, -0.15) is 12.1 Å². The molecule has 0 atom stereocenters. The van der Waals surface area contributed by atoms with Crippen LogP contribution < -0.4 is 0 Å². The molecule has 2 radical (unpaired) electrons. The Hall–Kier alpha value is -2.02. The molecule has 0 aliphatic heterocycles. The molecule has 182 valence electrons. The van der Waals surface area contributed by atoms with Crippen molar-refractivity contribution < 1.29 is 23.3 Å². The maximum atomic E-state index is 3.06. The Morgan fingerprint density at radius 3 is 1.77 bits per heavy atom. The zero-order chi connectivity index (χ0) is 24.1. The predicted molar refractivity (Wildman–Crippen MR) is 156 cm³/mol. The van der Waals surface area contributed by atoms with Crippen molar-refractivity contribution in [2.75, 3.05) is 0 Å². The van der Waals surface area contributed by atoms with Crippen LogP contribution in [0, 0.1) is 42.5 Å². The van der Waals surface area contributed by atoms with Crippen LogP contribution in [0.4, 0.5) is 0 Å². The van der Waals surface area contributed by atoms with Crippen LogP contribution in [0.1, 0.15) is 47.6 Å². The van der Waals surface area contributed by atoms with Gasteiger partial charge in [0.2, 0.25) is 0 Å². The summed E-state index contributed by atoms with van der Waals surface area (Å²) in [6.45, 7) is 16.3. The predicted octanol–water partition coefficient (Wildman–Crippen LogP) is 9.66. The van der Waals surface area contributed by atoms with Crippen LogP contribution in [0.25, 0.3) is 32.7 Å². The zero-order valence-electron chi connectivity index (χ0n) is 22.6. The SMILES string of the molecule is Cc1cc2c(-c3ccccc3)ccc(C)c2[cH-]1.Cc1ccc(C)c2[cH-]c(C(C)C)cc12.[CH3-].[CH3-].[Si]=[Zr]. The molecule has 0 spiro atoms. The Balaban J connectivity index is 0.000000315. The Bertz CT molecular complexity index is 1310. The monoisotopic (exact) mass is 552 g/mol. The molecule has 0 unspecified atom stereocenters. The molecule has 0 saturated heterocycles. The molecule has 0 heterocycles. The van der Waals surface area contributed by atoms with E-state index in [2.05, 4.69) is 127 Å². The fourth-order valence-electron chi connectivity index (χ4n) is 4.40. The van der Waals surface area contributed by atoms with Gasteiger partial charge in [0.25, 0.3) is 0 Å². The summed E-state index contributed by atoms with van der Waals surface area (Å²) in [5, 5.41) is 5.60. The van der Waals surface area contributed by atoms with Crippen LogP contribution in [0.15, 0.2) is 78.9 Å².